The van der Waals surface area contributed by atoms with Crippen molar-refractivity contribution in [3.05, 3.63) is 36.0 Å². The summed E-state index contributed by atoms with van der Waals surface area (Å²) in [6, 6.07) is 9.13. The number of hydrogen-bond acceptors (Lipinski definition) is 1. The fourth-order valence-corrected chi connectivity index (χ4v) is 2.94. The highest BCUT2D eigenvalue weighted by Crippen LogP contribution is 2.31. The molecule has 0 unspecified atom stereocenters. The summed E-state index contributed by atoms with van der Waals surface area (Å²) >= 11 is 0. The maximum atomic E-state index is 2.45. The van der Waals surface area contributed by atoms with E-state index in [0.717, 1.165) is 6.54 Å². The van der Waals surface area contributed by atoms with Crippen LogP contribution in [0.25, 0.3) is 10.9 Å². The maximum absolute atomic E-state index is 2.45. The molecule has 1 heterocycles. The van der Waals surface area contributed by atoms with Gasteiger partial charge in [-0.25, -0.2) is 0 Å². The largest absolute Gasteiger partial charge is 0.351 e. The monoisotopic (exact) mass is 300 g/mol. The van der Waals surface area contributed by atoms with Gasteiger partial charge in [0, 0.05) is 24.3 Å². The van der Waals surface area contributed by atoms with Gasteiger partial charge in [0.15, 0.2) is 0 Å². The molecular formula is C20H32N2. The fraction of sp³-hybridized carbons (Fsp3) is 0.600. The molecule has 0 aliphatic rings. The lowest BCUT2D eigenvalue weighted by Gasteiger charge is -2.33. The van der Waals surface area contributed by atoms with E-state index < -0.39 is 0 Å². The van der Waals surface area contributed by atoms with E-state index in [2.05, 4.69) is 88.6 Å². The molecule has 0 amide bonds. The van der Waals surface area contributed by atoms with Gasteiger partial charge in [0.05, 0.1) is 0 Å². The van der Waals surface area contributed by atoms with E-state index in [1.165, 1.54) is 29.3 Å². The third kappa shape index (κ3) is 3.73. The first kappa shape index (κ1) is 17.1. The predicted molar refractivity (Wildman–Crippen MR) is 97.6 cm³/mol. The average molecular weight is 300 g/mol. The van der Waals surface area contributed by atoms with Crippen LogP contribution in [0.5, 0.6) is 0 Å². The molecule has 0 saturated carbocycles. The number of benzene rings is 1. The molecule has 2 aromatic rings. The SMILES string of the molecule is CN(CCCC(C)(C)c1ccc2c(ccn2C)c1)C(C)(C)C. The van der Waals surface area contributed by atoms with Gasteiger partial charge in [-0.1, -0.05) is 19.9 Å². The molecule has 0 fully saturated rings. The molecule has 0 aliphatic carbocycles. The Bertz CT molecular complexity index is 629. The Labute approximate surface area is 136 Å². The van der Waals surface area contributed by atoms with Crippen LogP contribution < -0.4 is 0 Å². The highest BCUT2D eigenvalue weighted by Gasteiger charge is 2.22. The van der Waals surface area contributed by atoms with Crippen molar-refractivity contribution in [2.75, 3.05) is 13.6 Å². The second-order valence-electron chi connectivity index (χ2n) is 8.28. The zero-order valence-electron chi connectivity index (χ0n) is 15.4. The summed E-state index contributed by atoms with van der Waals surface area (Å²) in [5, 5.41) is 1.35. The summed E-state index contributed by atoms with van der Waals surface area (Å²) in [5.41, 5.74) is 3.24. The third-order valence-corrected chi connectivity index (χ3v) is 5.11. The Morgan fingerprint density at radius 3 is 2.36 bits per heavy atom. The molecule has 1 aromatic carbocycles. The normalized spacial score (nSPS) is 13.3. The second-order valence-corrected chi connectivity index (χ2v) is 8.28. The van der Waals surface area contributed by atoms with Crippen molar-refractivity contribution in [1.29, 1.82) is 0 Å². The number of rotatable bonds is 5. The molecule has 0 radical (unpaired) electrons. The van der Waals surface area contributed by atoms with Crippen molar-refractivity contribution in [2.45, 2.75) is 58.4 Å². The van der Waals surface area contributed by atoms with Gasteiger partial charge in [-0.15, -0.1) is 0 Å². The quantitative estimate of drug-likeness (QED) is 0.757. The van der Waals surface area contributed by atoms with Gasteiger partial charge in [0.2, 0.25) is 0 Å². The second kappa shape index (κ2) is 6.08. The molecule has 0 aliphatic heterocycles. The first-order valence-electron chi connectivity index (χ1n) is 8.38. The lowest BCUT2D eigenvalue weighted by atomic mass is 9.80. The van der Waals surface area contributed by atoms with E-state index in [4.69, 9.17) is 0 Å². The van der Waals surface area contributed by atoms with Crippen molar-refractivity contribution < 1.29 is 0 Å². The first-order chi connectivity index (χ1) is 10.1. The third-order valence-electron chi connectivity index (χ3n) is 5.11. The van der Waals surface area contributed by atoms with Gasteiger partial charge in [-0.3, -0.25) is 0 Å². The van der Waals surface area contributed by atoms with Gasteiger partial charge in [0.1, 0.15) is 0 Å². The molecule has 2 heteroatoms. The Morgan fingerprint density at radius 1 is 1.05 bits per heavy atom. The Kier molecular flexibility index (Phi) is 4.72. The molecule has 0 bridgehead atoms. The summed E-state index contributed by atoms with van der Waals surface area (Å²) in [4.78, 5) is 2.45. The minimum Gasteiger partial charge on any atom is -0.351 e. The fourth-order valence-electron chi connectivity index (χ4n) is 2.94. The van der Waals surface area contributed by atoms with Crippen LogP contribution in [0.3, 0.4) is 0 Å². The highest BCUT2D eigenvalue weighted by molar-refractivity contribution is 5.81. The summed E-state index contributed by atoms with van der Waals surface area (Å²) in [5.74, 6) is 0. The van der Waals surface area contributed by atoms with E-state index >= 15 is 0 Å². The molecule has 0 saturated heterocycles. The maximum Gasteiger partial charge on any atom is 0.0477 e. The van der Waals surface area contributed by atoms with Crippen molar-refractivity contribution in [3.8, 4) is 0 Å². The lowest BCUT2D eigenvalue weighted by molar-refractivity contribution is 0.169. The van der Waals surface area contributed by atoms with Crippen molar-refractivity contribution in [2.24, 2.45) is 7.05 Å². The highest BCUT2D eigenvalue weighted by atomic mass is 15.1. The Hall–Kier alpha value is -1.28. The smallest absolute Gasteiger partial charge is 0.0477 e. The number of hydrogen-bond donors (Lipinski definition) is 0. The predicted octanol–water partition coefficient (Wildman–Crippen LogP) is 4.97. The Balaban J connectivity index is 2.05. The summed E-state index contributed by atoms with van der Waals surface area (Å²) < 4.78 is 2.18. The zero-order chi connectivity index (χ0) is 16.5. The van der Waals surface area contributed by atoms with E-state index in [-0.39, 0.29) is 11.0 Å². The van der Waals surface area contributed by atoms with Crippen molar-refractivity contribution in [3.63, 3.8) is 0 Å². The van der Waals surface area contributed by atoms with Crippen molar-refractivity contribution in [1.82, 2.24) is 9.47 Å². The zero-order valence-corrected chi connectivity index (χ0v) is 15.4. The number of aromatic nitrogens is 1. The van der Waals surface area contributed by atoms with Gasteiger partial charge in [0.25, 0.3) is 0 Å². The topological polar surface area (TPSA) is 8.17 Å². The average Bonchev–Trinajstić information content (AvgIpc) is 2.78. The van der Waals surface area contributed by atoms with Crippen LogP contribution in [0.4, 0.5) is 0 Å². The summed E-state index contributed by atoms with van der Waals surface area (Å²) in [6.07, 6.45) is 4.58. The lowest BCUT2D eigenvalue weighted by Crippen LogP contribution is -2.39. The van der Waals surface area contributed by atoms with Gasteiger partial charge in [-0.2, -0.15) is 0 Å². The van der Waals surface area contributed by atoms with Crippen LogP contribution in [0.1, 0.15) is 53.0 Å². The van der Waals surface area contributed by atoms with Gasteiger partial charge < -0.3 is 9.47 Å². The standard InChI is InChI=1S/C20H32N2/c1-19(2,3)22(7)13-8-12-20(4,5)17-9-10-18-16(15-17)11-14-21(18)6/h9-11,14-15H,8,12-13H2,1-7H3. The molecule has 122 valence electrons. The van der Waals surface area contributed by atoms with Gasteiger partial charge in [-0.05, 0) is 81.8 Å². The first-order valence-corrected chi connectivity index (χ1v) is 8.38. The molecule has 22 heavy (non-hydrogen) atoms. The van der Waals surface area contributed by atoms with Crippen LogP contribution in [-0.2, 0) is 12.5 Å². The van der Waals surface area contributed by atoms with E-state index in [9.17, 15) is 0 Å². The van der Waals surface area contributed by atoms with E-state index in [1.807, 2.05) is 0 Å². The molecule has 2 rings (SSSR count). The van der Waals surface area contributed by atoms with Crippen molar-refractivity contribution >= 4 is 10.9 Å². The minimum atomic E-state index is 0.225. The van der Waals surface area contributed by atoms with E-state index in [0.29, 0.717) is 0 Å². The molecule has 0 atom stereocenters. The van der Waals surface area contributed by atoms with Crippen LogP contribution in [-0.4, -0.2) is 28.6 Å². The molecule has 2 nitrogen and oxygen atoms in total. The Morgan fingerprint density at radius 2 is 1.73 bits per heavy atom. The van der Waals surface area contributed by atoms with E-state index in [1.54, 1.807) is 0 Å². The van der Waals surface area contributed by atoms with Crippen LogP contribution >= 0.6 is 0 Å². The van der Waals surface area contributed by atoms with Crippen LogP contribution in [0.15, 0.2) is 30.5 Å². The van der Waals surface area contributed by atoms with Crippen LogP contribution in [0.2, 0.25) is 0 Å². The molecular weight excluding hydrogens is 268 g/mol. The number of fused-ring (bicyclic) bond motifs is 1. The molecule has 1 aromatic heterocycles. The molecule has 0 spiro atoms. The number of nitrogens with zero attached hydrogens (tertiary/aromatic N) is 2. The minimum absolute atomic E-state index is 0.225. The molecule has 0 N–H and O–H groups in total. The summed E-state index contributed by atoms with van der Waals surface area (Å²) in [7, 11) is 4.33. The summed E-state index contributed by atoms with van der Waals surface area (Å²) in [6.45, 7) is 12.7. The van der Waals surface area contributed by atoms with Crippen LogP contribution in [0, 0.1) is 0 Å². The van der Waals surface area contributed by atoms with Gasteiger partial charge >= 0.3 is 0 Å². The number of aryl methyl sites for hydroxylation is 1.